The zero-order valence-electron chi connectivity index (χ0n) is 14.9. The third-order valence-corrected chi connectivity index (χ3v) is 5.44. The van der Waals surface area contributed by atoms with E-state index < -0.39 is 0 Å². The summed E-state index contributed by atoms with van der Waals surface area (Å²) in [5, 5.41) is 0.603. The van der Waals surface area contributed by atoms with Gasteiger partial charge in [-0.3, -0.25) is 9.69 Å². The van der Waals surface area contributed by atoms with Gasteiger partial charge in [0.2, 0.25) is 0 Å². The summed E-state index contributed by atoms with van der Waals surface area (Å²) >= 11 is 6.38. The lowest BCUT2D eigenvalue weighted by molar-refractivity contribution is -0.142. The molecular weight excluding hydrogens is 356 g/mol. The number of fused-ring (bicyclic) bond motifs is 1. The number of amides is 1. The van der Waals surface area contributed by atoms with Gasteiger partial charge in [-0.15, -0.1) is 0 Å². The van der Waals surface area contributed by atoms with Gasteiger partial charge >= 0.3 is 0 Å². The fraction of sp³-hybridized carbons (Fsp3) is 0.632. The maximum Gasteiger partial charge on any atom is 0.251 e. The second-order valence-electron chi connectivity index (χ2n) is 7.06. The van der Waals surface area contributed by atoms with Crippen LogP contribution in [0.3, 0.4) is 0 Å². The van der Waals surface area contributed by atoms with Crippen molar-refractivity contribution in [1.29, 1.82) is 0 Å². The summed E-state index contributed by atoms with van der Waals surface area (Å²) in [6.07, 6.45) is 2.49. The van der Waals surface area contributed by atoms with Crippen LogP contribution in [0.1, 0.15) is 24.8 Å². The van der Waals surface area contributed by atoms with E-state index in [-0.39, 0.29) is 12.0 Å². The molecule has 0 spiro atoms. The van der Waals surface area contributed by atoms with Crippen molar-refractivity contribution in [3.8, 4) is 11.5 Å². The Morgan fingerprint density at radius 2 is 1.88 bits per heavy atom. The van der Waals surface area contributed by atoms with Crippen LogP contribution in [0, 0.1) is 0 Å². The largest absolute Gasteiger partial charge is 0.489 e. The van der Waals surface area contributed by atoms with Crippen LogP contribution in [0.4, 0.5) is 0 Å². The van der Waals surface area contributed by atoms with Crippen LogP contribution < -0.4 is 9.47 Å². The number of halogens is 1. The van der Waals surface area contributed by atoms with Crippen LogP contribution in [0.2, 0.25) is 5.02 Å². The van der Waals surface area contributed by atoms with Crippen molar-refractivity contribution in [2.24, 2.45) is 0 Å². The number of nitrogens with zero attached hydrogens (tertiary/aromatic N) is 2. The molecule has 4 rings (SSSR count). The Labute approximate surface area is 158 Å². The first-order chi connectivity index (χ1) is 12.7. The summed E-state index contributed by atoms with van der Waals surface area (Å²) in [4.78, 5) is 16.7. The van der Waals surface area contributed by atoms with E-state index in [0.29, 0.717) is 30.6 Å². The molecule has 0 saturated carbocycles. The van der Waals surface area contributed by atoms with Crippen LogP contribution in [-0.4, -0.2) is 67.8 Å². The number of hydrogen-bond acceptors (Lipinski definition) is 5. The summed E-state index contributed by atoms with van der Waals surface area (Å²) < 4.78 is 17.0. The number of carbonyl (C=O) groups excluding carboxylic acids is 1. The molecule has 7 heteroatoms. The van der Waals surface area contributed by atoms with Crippen LogP contribution in [-0.2, 0) is 16.1 Å². The third kappa shape index (κ3) is 3.92. The second kappa shape index (κ2) is 8.03. The van der Waals surface area contributed by atoms with Crippen molar-refractivity contribution < 1.29 is 19.0 Å². The molecule has 3 aliphatic rings. The van der Waals surface area contributed by atoms with Gasteiger partial charge < -0.3 is 19.1 Å². The number of piperazine rings is 1. The van der Waals surface area contributed by atoms with Crippen molar-refractivity contribution in [3.05, 3.63) is 22.7 Å². The van der Waals surface area contributed by atoms with E-state index >= 15 is 0 Å². The molecule has 2 saturated heterocycles. The molecule has 0 radical (unpaired) electrons. The summed E-state index contributed by atoms with van der Waals surface area (Å²) in [5.41, 5.74) is 1.11. The van der Waals surface area contributed by atoms with E-state index in [2.05, 4.69) is 4.90 Å². The molecule has 1 aromatic carbocycles. The molecule has 1 aromatic rings. The average Bonchev–Trinajstić information content (AvgIpc) is 3.08. The molecule has 1 atom stereocenters. The molecule has 0 aliphatic carbocycles. The van der Waals surface area contributed by atoms with Crippen LogP contribution in [0.15, 0.2) is 12.1 Å². The summed E-state index contributed by atoms with van der Waals surface area (Å²) in [5.74, 6) is 1.54. The second-order valence-corrected chi connectivity index (χ2v) is 7.47. The maximum absolute atomic E-state index is 12.4. The molecule has 6 nitrogen and oxygen atoms in total. The minimum absolute atomic E-state index is 0.153. The molecule has 3 heterocycles. The van der Waals surface area contributed by atoms with Crippen molar-refractivity contribution >= 4 is 17.5 Å². The topological polar surface area (TPSA) is 51.2 Å². The number of benzene rings is 1. The fourth-order valence-electron chi connectivity index (χ4n) is 3.74. The first kappa shape index (κ1) is 17.9. The van der Waals surface area contributed by atoms with Crippen molar-refractivity contribution in [1.82, 2.24) is 9.80 Å². The van der Waals surface area contributed by atoms with Crippen molar-refractivity contribution in [2.45, 2.75) is 31.9 Å². The Morgan fingerprint density at radius 1 is 1.08 bits per heavy atom. The lowest BCUT2D eigenvalue weighted by Gasteiger charge is -2.35. The molecule has 0 aromatic heterocycles. The lowest BCUT2D eigenvalue weighted by Crippen LogP contribution is -2.51. The minimum Gasteiger partial charge on any atom is -0.489 e. The normalized spacial score (nSPS) is 23.7. The monoisotopic (exact) mass is 380 g/mol. The summed E-state index contributed by atoms with van der Waals surface area (Å²) in [6.45, 7) is 5.98. The van der Waals surface area contributed by atoms with Gasteiger partial charge in [0, 0.05) is 45.8 Å². The highest BCUT2D eigenvalue weighted by Crippen LogP contribution is 2.38. The van der Waals surface area contributed by atoms with Gasteiger partial charge in [-0.2, -0.15) is 0 Å². The molecule has 26 heavy (non-hydrogen) atoms. The van der Waals surface area contributed by atoms with Gasteiger partial charge in [0.15, 0.2) is 11.5 Å². The molecule has 1 unspecified atom stereocenters. The highest BCUT2D eigenvalue weighted by atomic mass is 35.5. The van der Waals surface area contributed by atoms with E-state index in [9.17, 15) is 4.79 Å². The van der Waals surface area contributed by atoms with Crippen LogP contribution >= 0.6 is 11.6 Å². The number of carbonyl (C=O) groups is 1. The minimum atomic E-state index is -0.220. The highest BCUT2D eigenvalue weighted by Gasteiger charge is 2.30. The zero-order chi connectivity index (χ0) is 17.9. The number of ether oxygens (including phenoxy) is 3. The predicted octanol–water partition coefficient (Wildman–Crippen LogP) is 2.32. The first-order valence-corrected chi connectivity index (χ1v) is 9.79. The van der Waals surface area contributed by atoms with Gasteiger partial charge in [0.05, 0.1) is 18.2 Å². The Bertz CT molecular complexity index is 655. The predicted molar refractivity (Wildman–Crippen MR) is 97.9 cm³/mol. The maximum atomic E-state index is 12.4. The first-order valence-electron chi connectivity index (χ1n) is 9.41. The number of hydrogen-bond donors (Lipinski definition) is 0. The average molecular weight is 381 g/mol. The number of rotatable bonds is 3. The van der Waals surface area contributed by atoms with Crippen molar-refractivity contribution in [2.75, 3.05) is 46.0 Å². The molecule has 0 bridgehead atoms. The van der Waals surface area contributed by atoms with Crippen LogP contribution in [0.25, 0.3) is 0 Å². The highest BCUT2D eigenvalue weighted by molar-refractivity contribution is 6.32. The van der Waals surface area contributed by atoms with Gasteiger partial charge in [0.1, 0.15) is 6.10 Å². The fourth-order valence-corrected chi connectivity index (χ4v) is 4.02. The molecule has 2 fully saturated rings. The van der Waals surface area contributed by atoms with E-state index in [1.807, 2.05) is 17.0 Å². The summed E-state index contributed by atoms with van der Waals surface area (Å²) in [6, 6.07) is 3.98. The van der Waals surface area contributed by atoms with Gasteiger partial charge in [0.25, 0.3) is 5.91 Å². The smallest absolute Gasteiger partial charge is 0.251 e. The van der Waals surface area contributed by atoms with E-state index in [4.69, 9.17) is 25.8 Å². The Hall–Kier alpha value is -1.50. The Morgan fingerprint density at radius 3 is 2.65 bits per heavy atom. The van der Waals surface area contributed by atoms with Crippen LogP contribution in [0.5, 0.6) is 11.5 Å². The Balaban J connectivity index is 1.35. The standard InChI is InChI=1S/C19H25ClN2O4/c20-15-11-14(12-17-18(15)26-10-2-9-25-17)13-21-4-6-22(7-5-21)19(23)16-3-1-8-24-16/h11-12,16H,1-10,13H2. The quantitative estimate of drug-likeness (QED) is 0.805. The Kier molecular flexibility index (Phi) is 5.52. The molecule has 142 valence electrons. The SMILES string of the molecule is O=C(C1CCCO1)N1CCN(Cc2cc(Cl)c3c(c2)OCCCO3)CC1. The van der Waals surface area contributed by atoms with Gasteiger partial charge in [-0.05, 0) is 30.5 Å². The van der Waals surface area contributed by atoms with Crippen molar-refractivity contribution in [3.63, 3.8) is 0 Å². The zero-order valence-corrected chi connectivity index (χ0v) is 15.7. The summed E-state index contributed by atoms with van der Waals surface area (Å²) in [7, 11) is 0. The third-order valence-electron chi connectivity index (χ3n) is 5.16. The molecule has 0 N–H and O–H groups in total. The van der Waals surface area contributed by atoms with Gasteiger partial charge in [-0.1, -0.05) is 11.6 Å². The van der Waals surface area contributed by atoms with Gasteiger partial charge in [-0.25, -0.2) is 0 Å². The van der Waals surface area contributed by atoms with E-state index in [0.717, 1.165) is 63.3 Å². The van der Waals surface area contributed by atoms with E-state index in [1.54, 1.807) is 0 Å². The molecule has 1 amide bonds. The van der Waals surface area contributed by atoms with E-state index in [1.165, 1.54) is 0 Å². The lowest BCUT2D eigenvalue weighted by atomic mass is 10.1. The molecular formula is C19H25ClN2O4. The molecule has 3 aliphatic heterocycles.